The number of hydrogen-bond acceptors (Lipinski definition) is 3. The number of nitrogens with two attached hydrogens (primary N) is 1. The van der Waals surface area contributed by atoms with E-state index in [0.29, 0.717) is 5.92 Å². The molecule has 0 aliphatic carbocycles. The molecule has 2 atom stereocenters. The van der Waals surface area contributed by atoms with Crippen LogP contribution in [0.1, 0.15) is 36.5 Å². The average Bonchev–Trinajstić information content (AvgIpc) is 2.48. The molecule has 3 nitrogen and oxygen atoms in total. The molecule has 2 aliphatic rings. The summed E-state index contributed by atoms with van der Waals surface area (Å²) in [5.74, 6) is 0.589. The van der Waals surface area contributed by atoms with Crippen LogP contribution in [0.15, 0.2) is 24.3 Å². The lowest BCUT2D eigenvalue weighted by atomic mass is 9.86. The van der Waals surface area contributed by atoms with E-state index in [9.17, 15) is 0 Å². The van der Waals surface area contributed by atoms with Gasteiger partial charge in [-0.2, -0.15) is 0 Å². The van der Waals surface area contributed by atoms with Crippen LogP contribution in [0.2, 0.25) is 0 Å². The largest absolute Gasteiger partial charge is 0.381 e. The number of hydrogen-bond donors (Lipinski definition) is 1. The van der Waals surface area contributed by atoms with Crippen molar-refractivity contribution >= 4 is 0 Å². The van der Waals surface area contributed by atoms with Gasteiger partial charge in [0, 0.05) is 19.3 Å². The SMILES string of the molecule is NC(CC1OCCc2ccccc21)C1CCOCC1. The molecule has 1 fully saturated rings. The summed E-state index contributed by atoms with van der Waals surface area (Å²) in [4.78, 5) is 0. The zero-order valence-corrected chi connectivity index (χ0v) is 11.4. The summed E-state index contributed by atoms with van der Waals surface area (Å²) >= 11 is 0. The van der Waals surface area contributed by atoms with Crippen molar-refractivity contribution in [2.75, 3.05) is 19.8 Å². The number of fused-ring (bicyclic) bond motifs is 1. The highest BCUT2D eigenvalue weighted by Gasteiger charge is 2.27. The summed E-state index contributed by atoms with van der Waals surface area (Å²) in [6.07, 6.45) is 4.33. The van der Waals surface area contributed by atoms with Crippen LogP contribution in [0.25, 0.3) is 0 Å². The van der Waals surface area contributed by atoms with Crippen LogP contribution in [0.5, 0.6) is 0 Å². The summed E-state index contributed by atoms with van der Waals surface area (Å²) in [6.45, 7) is 2.54. The van der Waals surface area contributed by atoms with E-state index in [0.717, 1.165) is 45.5 Å². The summed E-state index contributed by atoms with van der Waals surface area (Å²) < 4.78 is 11.4. The Bertz CT molecular complexity index is 415. The van der Waals surface area contributed by atoms with Gasteiger partial charge >= 0.3 is 0 Å². The Morgan fingerprint density at radius 2 is 1.95 bits per heavy atom. The van der Waals surface area contributed by atoms with E-state index in [4.69, 9.17) is 15.2 Å². The minimum atomic E-state index is 0.183. The van der Waals surface area contributed by atoms with Crippen molar-refractivity contribution in [1.82, 2.24) is 0 Å². The summed E-state index contributed by atoms with van der Waals surface area (Å²) in [5, 5.41) is 0. The second kappa shape index (κ2) is 6.04. The standard InChI is InChI=1S/C16H23NO2/c17-15(13-5-8-18-9-6-13)11-16-14-4-2-1-3-12(14)7-10-19-16/h1-4,13,15-16H,5-11,17H2. The first-order valence-corrected chi connectivity index (χ1v) is 7.37. The monoisotopic (exact) mass is 261 g/mol. The van der Waals surface area contributed by atoms with Gasteiger partial charge in [0.15, 0.2) is 0 Å². The normalized spacial score (nSPS) is 25.8. The molecule has 1 aromatic carbocycles. The minimum Gasteiger partial charge on any atom is -0.381 e. The molecular weight excluding hydrogens is 238 g/mol. The smallest absolute Gasteiger partial charge is 0.0842 e. The van der Waals surface area contributed by atoms with Crippen LogP contribution in [-0.4, -0.2) is 25.9 Å². The Balaban J connectivity index is 1.66. The van der Waals surface area contributed by atoms with E-state index in [1.165, 1.54) is 11.1 Å². The molecule has 0 amide bonds. The van der Waals surface area contributed by atoms with Gasteiger partial charge in [-0.1, -0.05) is 24.3 Å². The Morgan fingerprint density at radius 3 is 2.79 bits per heavy atom. The number of rotatable bonds is 3. The zero-order valence-electron chi connectivity index (χ0n) is 11.4. The van der Waals surface area contributed by atoms with Crippen molar-refractivity contribution in [3.63, 3.8) is 0 Å². The molecule has 0 radical (unpaired) electrons. The first-order chi connectivity index (χ1) is 9.34. The molecule has 0 bridgehead atoms. The fourth-order valence-corrected chi connectivity index (χ4v) is 3.26. The van der Waals surface area contributed by atoms with E-state index in [1.807, 2.05) is 0 Å². The van der Waals surface area contributed by atoms with Crippen LogP contribution in [0.4, 0.5) is 0 Å². The molecule has 104 valence electrons. The summed E-state index contributed by atoms with van der Waals surface area (Å²) in [7, 11) is 0. The third-order valence-electron chi connectivity index (χ3n) is 4.45. The van der Waals surface area contributed by atoms with Crippen molar-refractivity contribution in [3.8, 4) is 0 Å². The first-order valence-electron chi connectivity index (χ1n) is 7.37. The second-order valence-electron chi connectivity index (χ2n) is 5.66. The Labute approximate surface area is 115 Å². The lowest BCUT2D eigenvalue weighted by molar-refractivity contribution is 0.0144. The van der Waals surface area contributed by atoms with Crippen molar-refractivity contribution in [1.29, 1.82) is 0 Å². The maximum atomic E-state index is 6.40. The molecule has 2 heterocycles. The third-order valence-corrected chi connectivity index (χ3v) is 4.45. The maximum absolute atomic E-state index is 6.40. The highest BCUT2D eigenvalue weighted by molar-refractivity contribution is 5.31. The Kier molecular flexibility index (Phi) is 4.16. The van der Waals surface area contributed by atoms with Gasteiger partial charge in [-0.25, -0.2) is 0 Å². The van der Waals surface area contributed by atoms with Crippen LogP contribution < -0.4 is 5.73 Å². The van der Waals surface area contributed by atoms with Gasteiger partial charge in [-0.05, 0) is 42.7 Å². The van der Waals surface area contributed by atoms with Gasteiger partial charge in [0.25, 0.3) is 0 Å². The summed E-state index contributed by atoms with van der Waals surface area (Å²) in [6, 6.07) is 8.83. The van der Waals surface area contributed by atoms with Gasteiger partial charge < -0.3 is 15.2 Å². The molecule has 2 N–H and O–H groups in total. The molecule has 0 aromatic heterocycles. The zero-order chi connectivity index (χ0) is 13.1. The topological polar surface area (TPSA) is 44.5 Å². The van der Waals surface area contributed by atoms with Crippen LogP contribution >= 0.6 is 0 Å². The van der Waals surface area contributed by atoms with E-state index in [-0.39, 0.29) is 12.1 Å². The summed E-state index contributed by atoms with van der Waals surface area (Å²) in [5.41, 5.74) is 9.17. The van der Waals surface area contributed by atoms with E-state index >= 15 is 0 Å². The maximum Gasteiger partial charge on any atom is 0.0842 e. The van der Waals surface area contributed by atoms with Crippen molar-refractivity contribution in [2.24, 2.45) is 11.7 Å². The second-order valence-corrected chi connectivity index (χ2v) is 5.66. The molecule has 3 rings (SSSR count). The molecule has 2 unspecified atom stereocenters. The van der Waals surface area contributed by atoms with Gasteiger partial charge in [-0.3, -0.25) is 0 Å². The molecule has 0 spiro atoms. The van der Waals surface area contributed by atoms with Crippen LogP contribution in [0, 0.1) is 5.92 Å². The third kappa shape index (κ3) is 2.99. The first kappa shape index (κ1) is 13.1. The Morgan fingerprint density at radius 1 is 1.16 bits per heavy atom. The highest BCUT2D eigenvalue weighted by Crippen LogP contribution is 2.32. The van der Waals surface area contributed by atoms with E-state index in [1.54, 1.807) is 0 Å². The minimum absolute atomic E-state index is 0.183. The lowest BCUT2D eigenvalue weighted by Crippen LogP contribution is -2.36. The van der Waals surface area contributed by atoms with Crippen molar-refractivity contribution < 1.29 is 9.47 Å². The quantitative estimate of drug-likeness (QED) is 0.909. The van der Waals surface area contributed by atoms with Crippen molar-refractivity contribution in [2.45, 2.75) is 37.8 Å². The lowest BCUT2D eigenvalue weighted by Gasteiger charge is -2.32. The molecule has 0 saturated carbocycles. The molecule has 1 saturated heterocycles. The molecule has 19 heavy (non-hydrogen) atoms. The van der Waals surface area contributed by atoms with E-state index in [2.05, 4.69) is 24.3 Å². The fraction of sp³-hybridized carbons (Fsp3) is 0.625. The average molecular weight is 261 g/mol. The molecular formula is C16H23NO2. The van der Waals surface area contributed by atoms with Crippen LogP contribution in [0.3, 0.4) is 0 Å². The predicted octanol–water partition coefficient (Wildman–Crippen LogP) is 2.44. The van der Waals surface area contributed by atoms with Gasteiger partial charge in [0.2, 0.25) is 0 Å². The van der Waals surface area contributed by atoms with Crippen molar-refractivity contribution in [3.05, 3.63) is 35.4 Å². The number of ether oxygens (including phenoxy) is 2. The predicted molar refractivity (Wildman–Crippen MR) is 75.0 cm³/mol. The molecule has 1 aromatic rings. The van der Waals surface area contributed by atoms with Crippen LogP contribution in [-0.2, 0) is 15.9 Å². The van der Waals surface area contributed by atoms with Gasteiger partial charge in [0.1, 0.15) is 0 Å². The van der Waals surface area contributed by atoms with E-state index < -0.39 is 0 Å². The number of benzene rings is 1. The molecule has 2 aliphatic heterocycles. The van der Waals surface area contributed by atoms with Gasteiger partial charge in [0.05, 0.1) is 12.7 Å². The molecule has 3 heteroatoms. The van der Waals surface area contributed by atoms with Gasteiger partial charge in [-0.15, -0.1) is 0 Å². The highest BCUT2D eigenvalue weighted by atomic mass is 16.5. The fourth-order valence-electron chi connectivity index (χ4n) is 3.26. The Hall–Kier alpha value is -0.900.